The van der Waals surface area contributed by atoms with Crippen LogP contribution in [0.5, 0.6) is 0 Å². The van der Waals surface area contributed by atoms with Crippen LogP contribution in [0.4, 0.5) is 5.69 Å². The van der Waals surface area contributed by atoms with E-state index < -0.39 is 0 Å². The van der Waals surface area contributed by atoms with E-state index in [0.717, 1.165) is 31.2 Å². The number of primary amides is 1. The molecule has 2 fully saturated rings. The predicted molar refractivity (Wildman–Crippen MR) is 93.0 cm³/mol. The van der Waals surface area contributed by atoms with Gasteiger partial charge in [0.15, 0.2) is 0 Å². The Balaban J connectivity index is 1.62. The van der Waals surface area contributed by atoms with Crippen molar-refractivity contribution in [3.8, 4) is 0 Å². The van der Waals surface area contributed by atoms with E-state index >= 15 is 0 Å². The van der Waals surface area contributed by atoms with Gasteiger partial charge in [-0.2, -0.15) is 11.8 Å². The van der Waals surface area contributed by atoms with Gasteiger partial charge in [0.25, 0.3) is 0 Å². The van der Waals surface area contributed by atoms with Gasteiger partial charge < -0.3 is 11.1 Å². The van der Waals surface area contributed by atoms with Crippen LogP contribution < -0.4 is 11.1 Å². The molecule has 2 heterocycles. The number of anilines is 1. The molecule has 1 aromatic rings. The summed E-state index contributed by atoms with van der Waals surface area (Å²) in [4.78, 5) is 13.7. The van der Waals surface area contributed by atoms with E-state index in [1.54, 1.807) is 0 Å². The van der Waals surface area contributed by atoms with Gasteiger partial charge in [-0.3, -0.25) is 9.69 Å². The average molecular weight is 319 g/mol. The van der Waals surface area contributed by atoms with Crippen LogP contribution in [0.15, 0.2) is 24.3 Å². The van der Waals surface area contributed by atoms with E-state index in [1.165, 1.54) is 23.4 Å². The number of amides is 1. The van der Waals surface area contributed by atoms with Gasteiger partial charge in [-0.1, -0.05) is 19.1 Å². The summed E-state index contributed by atoms with van der Waals surface area (Å²) in [7, 11) is 0. The highest BCUT2D eigenvalue weighted by Crippen LogP contribution is 2.28. The Labute approximate surface area is 136 Å². The van der Waals surface area contributed by atoms with E-state index in [2.05, 4.69) is 41.4 Å². The van der Waals surface area contributed by atoms with Crippen LogP contribution in [0.25, 0.3) is 0 Å². The Kier molecular flexibility index (Phi) is 4.93. The lowest BCUT2D eigenvalue weighted by Crippen LogP contribution is -2.39. The fourth-order valence-corrected chi connectivity index (χ4v) is 4.63. The number of carbonyl (C=O) groups excluding carboxylic acids is 1. The maximum absolute atomic E-state index is 11.5. The molecule has 3 N–H and O–H groups in total. The Hall–Kier alpha value is -1.20. The molecule has 0 aromatic heterocycles. The maximum atomic E-state index is 11.5. The number of benzene rings is 1. The first-order valence-corrected chi connectivity index (χ1v) is 9.17. The van der Waals surface area contributed by atoms with Crippen LogP contribution in [-0.4, -0.2) is 40.4 Å². The summed E-state index contributed by atoms with van der Waals surface area (Å²) in [5, 5.41) is 4.39. The fraction of sp³-hybridized carbons (Fsp3) is 0.588. The van der Waals surface area contributed by atoms with E-state index in [-0.39, 0.29) is 11.9 Å². The first-order chi connectivity index (χ1) is 10.6. The average Bonchev–Trinajstić information content (AvgIpc) is 3.08. The summed E-state index contributed by atoms with van der Waals surface area (Å²) >= 11 is 2.04. The van der Waals surface area contributed by atoms with E-state index in [0.29, 0.717) is 6.04 Å². The molecule has 120 valence electrons. The molecule has 3 atom stereocenters. The lowest BCUT2D eigenvalue weighted by atomic mass is 10.1. The molecule has 2 aliphatic rings. The zero-order valence-electron chi connectivity index (χ0n) is 13.1. The molecular formula is C17H25N3OS. The van der Waals surface area contributed by atoms with Gasteiger partial charge in [0, 0.05) is 29.3 Å². The maximum Gasteiger partial charge on any atom is 0.234 e. The number of likely N-dealkylation sites (tertiary alicyclic amines) is 1. The van der Waals surface area contributed by atoms with Gasteiger partial charge in [0.1, 0.15) is 0 Å². The molecule has 2 aliphatic heterocycles. The highest BCUT2D eigenvalue weighted by molar-refractivity contribution is 8.00. The van der Waals surface area contributed by atoms with Crippen molar-refractivity contribution < 1.29 is 4.79 Å². The smallest absolute Gasteiger partial charge is 0.234 e. The number of carbonyl (C=O) groups is 1. The van der Waals surface area contributed by atoms with Gasteiger partial charge in [-0.05, 0) is 43.5 Å². The van der Waals surface area contributed by atoms with Crippen LogP contribution >= 0.6 is 11.8 Å². The van der Waals surface area contributed by atoms with Crippen molar-refractivity contribution in [1.29, 1.82) is 0 Å². The van der Waals surface area contributed by atoms with Gasteiger partial charge in [-0.15, -0.1) is 0 Å². The largest absolute Gasteiger partial charge is 0.381 e. The minimum atomic E-state index is -0.191. The van der Waals surface area contributed by atoms with Crippen LogP contribution in [-0.2, 0) is 11.3 Å². The second-order valence-electron chi connectivity index (χ2n) is 6.45. The van der Waals surface area contributed by atoms with Gasteiger partial charge >= 0.3 is 0 Å². The van der Waals surface area contributed by atoms with Crippen LogP contribution in [0.2, 0.25) is 0 Å². The highest BCUT2D eigenvalue weighted by atomic mass is 32.2. The van der Waals surface area contributed by atoms with Crippen molar-refractivity contribution in [2.45, 2.75) is 50.1 Å². The third kappa shape index (κ3) is 3.76. The molecule has 0 saturated carbocycles. The zero-order chi connectivity index (χ0) is 15.5. The van der Waals surface area contributed by atoms with Crippen molar-refractivity contribution in [2.24, 2.45) is 5.73 Å². The monoisotopic (exact) mass is 319 g/mol. The lowest BCUT2D eigenvalue weighted by Gasteiger charge is -2.22. The number of nitrogens with one attached hydrogen (secondary N) is 1. The Morgan fingerprint density at radius 3 is 3.09 bits per heavy atom. The molecule has 1 aromatic carbocycles. The number of nitrogens with two attached hydrogens (primary N) is 1. The fourth-order valence-electron chi connectivity index (χ4n) is 3.49. The number of hydrogen-bond acceptors (Lipinski definition) is 4. The standard InChI is InChI=1S/C17H25N3OS/c1-12-8-15(11-22-12)19-14-5-2-4-13(9-14)10-20-7-3-6-16(20)17(18)21/h2,4-5,9,12,15-16,19H,3,6-8,10-11H2,1H3,(H2,18,21)/t12-,15-,16+/m1/s1. The van der Waals surface area contributed by atoms with E-state index in [1.807, 2.05) is 11.8 Å². The van der Waals surface area contributed by atoms with Gasteiger partial charge in [0.2, 0.25) is 5.91 Å². The van der Waals surface area contributed by atoms with E-state index in [9.17, 15) is 4.79 Å². The minimum Gasteiger partial charge on any atom is -0.381 e. The number of hydrogen-bond donors (Lipinski definition) is 2. The van der Waals surface area contributed by atoms with E-state index in [4.69, 9.17) is 5.73 Å². The quantitative estimate of drug-likeness (QED) is 0.875. The molecule has 4 nitrogen and oxygen atoms in total. The normalized spacial score (nSPS) is 28.9. The van der Waals surface area contributed by atoms with Crippen molar-refractivity contribution in [3.05, 3.63) is 29.8 Å². The summed E-state index contributed by atoms with van der Waals surface area (Å²) in [6, 6.07) is 9.05. The molecule has 0 aliphatic carbocycles. The molecule has 0 radical (unpaired) electrons. The van der Waals surface area contributed by atoms with Crippen LogP contribution in [0.1, 0.15) is 31.7 Å². The minimum absolute atomic E-state index is 0.0938. The SMILES string of the molecule is C[C@@H]1C[C@@H](Nc2cccc(CN3CCC[C@H]3C(N)=O)c2)CS1. The summed E-state index contributed by atoms with van der Waals surface area (Å²) < 4.78 is 0. The Morgan fingerprint density at radius 2 is 2.36 bits per heavy atom. The lowest BCUT2D eigenvalue weighted by molar-refractivity contribution is -0.122. The summed E-state index contributed by atoms with van der Waals surface area (Å²) in [5.41, 5.74) is 7.93. The Morgan fingerprint density at radius 1 is 1.50 bits per heavy atom. The second-order valence-corrected chi connectivity index (χ2v) is 7.92. The molecule has 22 heavy (non-hydrogen) atoms. The molecule has 3 rings (SSSR count). The number of thioether (sulfide) groups is 1. The third-order valence-corrected chi connectivity index (χ3v) is 5.93. The van der Waals surface area contributed by atoms with Crippen molar-refractivity contribution >= 4 is 23.4 Å². The molecule has 0 spiro atoms. The highest BCUT2D eigenvalue weighted by Gasteiger charge is 2.28. The zero-order valence-corrected chi connectivity index (χ0v) is 13.9. The second kappa shape index (κ2) is 6.92. The number of rotatable bonds is 5. The molecule has 0 bridgehead atoms. The first-order valence-electron chi connectivity index (χ1n) is 8.12. The van der Waals surface area contributed by atoms with Crippen molar-refractivity contribution in [1.82, 2.24) is 4.90 Å². The van der Waals surface area contributed by atoms with Gasteiger partial charge in [-0.25, -0.2) is 0 Å². The predicted octanol–water partition coefficient (Wildman–Crippen LogP) is 2.44. The third-order valence-electron chi connectivity index (χ3n) is 4.57. The Bertz CT molecular complexity index is 536. The molecular weight excluding hydrogens is 294 g/mol. The molecule has 5 heteroatoms. The summed E-state index contributed by atoms with van der Waals surface area (Å²) in [6.07, 6.45) is 3.18. The first kappa shape index (κ1) is 15.7. The van der Waals surface area contributed by atoms with Crippen LogP contribution in [0, 0.1) is 0 Å². The summed E-state index contributed by atoms with van der Waals surface area (Å²) in [5.74, 6) is 0.991. The van der Waals surface area contributed by atoms with Crippen LogP contribution in [0.3, 0.4) is 0 Å². The van der Waals surface area contributed by atoms with Crippen molar-refractivity contribution in [2.75, 3.05) is 17.6 Å². The summed E-state index contributed by atoms with van der Waals surface area (Å²) in [6.45, 7) is 4.06. The molecule has 1 amide bonds. The van der Waals surface area contributed by atoms with Crippen molar-refractivity contribution in [3.63, 3.8) is 0 Å². The van der Waals surface area contributed by atoms with Gasteiger partial charge in [0.05, 0.1) is 6.04 Å². The molecule has 2 saturated heterocycles. The number of nitrogens with zero attached hydrogens (tertiary/aromatic N) is 1. The molecule has 0 unspecified atom stereocenters. The topological polar surface area (TPSA) is 58.4 Å².